The number of aromatic nitrogens is 2. The third-order valence-electron chi connectivity index (χ3n) is 4.39. The van der Waals surface area contributed by atoms with Gasteiger partial charge in [0.25, 0.3) is 0 Å². The molecule has 0 atom stereocenters. The minimum absolute atomic E-state index is 0.183. The molecule has 5 heteroatoms. The molecule has 0 unspecified atom stereocenters. The molecule has 0 aliphatic carbocycles. The highest BCUT2D eigenvalue weighted by molar-refractivity contribution is 5.82. The van der Waals surface area contributed by atoms with Gasteiger partial charge in [-0.15, -0.1) is 0 Å². The summed E-state index contributed by atoms with van der Waals surface area (Å²) in [5.74, 6) is 0.510. The summed E-state index contributed by atoms with van der Waals surface area (Å²) in [6.45, 7) is 0.438. The van der Waals surface area contributed by atoms with Crippen LogP contribution in [0.4, 0.5) is 16.2 Å². The first-order valence-corrected chi connectivity index (χ1v) is 8.97. The molecule has 0 saturated heterocycles. The summed E-state index contributed by atoms with van der Waals surface area (Å²) < 4.78 is 13.4. The van der Waals surface area contributed by atoms with Gasteiger partial charge >= 0.3 is 0 Å². The molecule has 0 aliphatic rings. The van der Waals surface area contributed by atoms with Crippen molar-refractivity contribution in [2.75, 3.05) is 11.1 Å². The van der Waals surface area contributed by atoms with Crippen LogP contribution in [0.2, 0.25) is 0 Å². The van der Waals surface area contributed by atoms with Gasteiger partial charge in [-0.25, -0.2) is 9.37 Å². The molecular formula is C23H19FN4. The molecule has 4 rings (SSSR count). The number of hydrogen-bond donors (Lipinski definition) is 2. The number of nitrogens with one attached hydrogen (secondary N) is 1. The molecular weight excluding hydrogens is 351 g/mol. The van der Waals surface area contributed by atoms with E-state index in [1.807, 2.05) is 48.5 Å². The van der Waals surface area contributed by atoms with E-state index in [2.05, 4.69) is 33.5 Å². The lowest BCUT2D eigenvalue weighted by atomic mass is 9.97. The predicted octanol–water partition coefficient (Wildman–Crippen LogP) is 5.14. The highest BCUT2D eigenvalue weighted by Gasteiger charge is 2.10. The van der Waals surface area contributed by atoms with Crippen molar-refractivity contribution >= 4 is 11.8 Å². The Balaban J connectivity index is 1.67. The van der Waals surface area contributed by atoms with E-state index in [9.17, 15) is 4.39 Å². The molecule has 0 fully saturated rings. The molecule has 3 aromatic carbocycles. The fraction of sp³-hybridized carbons (Fsp3) is 0.0435. The van der Waals surface area contributed by atoms with Crippen LogP contribution in [0.3, 0.4) is 0 Å². The number of rotatable bonds is 5. The number of nitrogens with two attached hydrogens (primary N) is 1. The van der Waals surface area contributed by atoms with Crippen molar-refractivity contribution in [3.63, 3.8) is 0 Å². The topological polar surface area (TPSA) is 63.8 Å². The highest BCUT2D eigenvalue weighted by Crippen LogP contribution is 2.32. The van der Waals surface area contributed by atoms with Crippen LogP contribution in [-0.4, -0.2) is 9.97 Å². The second-order valence-electron chi connectivity index (χ2n) is 6.39. The average molecular weight is 370 g/mol. The molecule has 0 aliphatic heterocycles. The fourth-order valence-corrected chi connectivity index (χ4v) is 3.11. The van der Waals surface area contributed by atoms with Crippen LogP contribution in [0.5, 0.6) is 0 Å². The first-order chi connectivity index (χ1) is 13.7. The van der Waals surface area contributed by atoms with Gasteiger partial charge in [0.15, 0.2) is 0 Å². The minimum atomic E-state index is -0.265. The van der Waals surface area contributed by atoms with Gasteiger partial charge in [0, 0.05) is 18.2 Å². The SMILES string of the molecule is Nc1nc(NCc2cccc(F)c2)cc(-c2ccccc2-c2ccccc2)n1. The summed E-state index contributed by atoms with van der Waals surface area (Å²) >= 11 is 0. The molecule has 1 heterocycles. The Morgan fingerprint density at radius 2 is 1.54 bits per heavy atom. The van der Waals surface area contributed by atoms with E-state index in [4.69, 9.17) is 5.73 Å². The van der Waals surface area contributed by atoms with Gasteiger partial charge in [-0.1, -0.05) is 66.7 Å². The summed E-state index contributed by atoms with van der Waals surface area (Å²) in [4.78, 5) is 8.69. The molecule has 4 aromatic rings. The molecule has 138 valence electrons. The smallest absolute Gasteiger partial charge is 0.222 e. The van der Waals surface area contributed by atoms with E-state index in [-0.39, 0.29) is 11.8 Å². The zero-order chi connectivity index (χ0) is 19.3. The normalized spacial score (nSPS) is 10.6. The Morgan fingerprint density at radius 3 is 2.32 bits per heavy atom. The Hall–Kier alpha value is -3.73. The lowest BCUT2D eigenvalue weighted by Crippen LogP contribution is -2.05. The van der Waals surface area contributed by atoms with E-state index < -0.39 is 0 Å². The van der Waals surface area contributed by atoms with Gasteiger partial charge in [0.1, 0.15) is 11.6 Å². The van der Waals surface area contributed by atoms with Gasteiger partial charge in [-0.05, 0) is 28.8 Å². The molecule has 3 N–H and O–H groups in total. The van der Waals surface area contributed by atoms with Gasteiger partial charge in [0.05, 0.1) is 5.69 Å². The van der Waals surface area contributed by atoms with E-state index >= 15 is 0 Å². The number of nitrogens with zero attached hydrogens (tertiary/aromatic N) is 2. The summed E-state index contributed by atoms with van der Waals surface area (Å²) in [5.41, 5.74) is 10.6. The largest absolute Gasteiger partial charge is 0.368 e. The summed E-state index contributed by atoms with van der Waals surface area (Å²) in [7, 11) is 0. The number of halogens is 1. The average Bonchev–Trinajstić information content (AvgIpc) is 2.73. The van der Waals surface area contributed by atoms with Crippen molar-refractivity contribution < 1.29 is 4.39 Å². The lowest BCUT2D eigenvalue weighted by Gasteiger charge is -2.12. The zero-order valence-electron chi connectivity index (χ0n) is 15.1. The van der Waals surface area contributed by atoms with Crippen molar-refractivity contribution in [3.8, 4) is 22.4 Å². The maximum Gasteiger partial charge on any atom is 0.222 e. The molecule has 28 heavy (non-hydrogen) atoms. The Kier molecular flexibility index (Phi) is 4.97. The monoisotopic (exact) mass is 370 g/mol. The number of nitrogen functional groups attached to an aromatic ring is 1. The van der Waals surface area contributed by atoms with Gasteiger partial charge in [0.2, 0.25) is 5.95 Å². The van der Waals surface area contributed by atoms with Crippen molar-refractivity contribution in [2.45, 2.75) is 6.54 Å². The number of benzene rings is 3. The Bertz CT molecular complexity index is 1100. The summed E-state index contributed by atoms with van der Waals surface area (Å²) in [5, 5.41) is 3.20. The van der Waals surface area contributed by atoms with Crippen LogP contribution in [-0.2, 0) is 6.54 Å². The van der Waals surface area contributed by atoms with Crippen LogP contribution >= 0.6 is 0 Å². The summed E-state index contributed by atoms with van der Waals surface area (Å²) in [6, 6.07) is 26.5. The summed E-state index contributed by atoms with van der Waals surface area (Å²) in [6.07, 6.45) is 0. The standard InChI is InChI=1S/C23H19FN4/c24-18-10-6-7-16(13-18)15-26-22-14-21(27-23(25)28-22)20-12-5-4-11-19(20)17-8-2-1-3-9-17/h1-14H,15H2,(H3,25,26,27,28). The van der Waals surface area contributed by atoms with Gasteiger partial charge in [-0.2, -0.15) is 4.98 Å². The van der Waals surface area contributed by atoms with Gasteiger partial charge in [-0.3, -0.25) is 0 Å². The molecule has 0 bridgehead atoms. The van der Waals surface area contributed by atoms with Crippen LogP contribution in [0, 0.1) is 5.82 Å². The van der Waals surface area contributed by atoms with Crippen molar-refractivity contribution in [3.05, 3.63) is 96.3 Å². The van der Waals surface area contributed by atoms with Crippen LogP contribution in [0.25, 0.3) is 22.4 Å². The van der Waals surface area contributed by atoms with Crippen LogP contribution in [0.15, 0.2) is 84.9 Å². The lowest BCUT2D eigenvalue weighted by molar-refractivity contribution is 0.626. The van der Waals surface area contributed by atoms with E-state index in [1.165, 1.54) is 12.1 Å². The number of anilines is 2. The third-order valence-corrected chi connectivity index (χ3v) is 4.39. The van der Waals surface area contributed by atoms with E-state index in [0.29, 0.717) is 12.4 Å². The molecule has 0 spiro atoms. The molecule has 0 radical (unpaired) electrons. The van der Waals surface area contributed by atoms with E-state index in [0.717, 1.165) is 27.9 Å². The molecule has 1 aromatic heterocycles. The quantitative estimate of drug-likeness (QED) is 0.510. The Morgan fingerprint density at radius 1 is 0.786 bits per heavy atom. The second-order valence-corrected chi connectivity index (χ2v) is 6.39. The predicted molar refractivity (Wildman–Crippen MR) is 111 cm³/mol. The molecule has 0 amide bonds. The van der Waals surface area contributed by atoms with Crippen molar-refractivity contribution in [1.29, 1.82) is 0 Å². The minimum Gasteiger partial charge on any atom is -0.368 e. The van der Waals surface area contributed by atoms with Crippen LogP contribution < -0.4 is 11.1 Å². The fourth-order valence-electron chi connectivity index (χ4n) is 3.11. The number of hydrogen-bond acceptors (Lipinski definition) is 4. The maximum absolute atomic E-state index is 13.4. The first-order valence-electron chi connectivity index (χ1n) is 8.97. The third kappa shape index (κ3) is 3.99. The zero-order valence-corrected chi connectivity index (χ0v) is 15.1. The highest BCUT2D eigenvalue weighted by atomic mass is 19.1. The second kappa shape index (κ2) is 7.88. The van der Waals surface area contributed by atoms with Crippen molar-refractivity contribution in [1.82, 2.24) is 9.97 Å². The van der Waals surface area contributed by atoms with Crippen molar-refractivity contribution in [2.24, 2.45) is 0 Å². The van der Waals surface area contributed by atoms with Gasteiger partial charge < -0.3 is 11.1 Å². The first kappa shape index (κ1) is 17.7. The maximum atomic E-state index is 13.4. The molecule has 0 saturated carbocycles. The van der Waals surface area contributed by atoms with Crippen LogP contribution in [0.1, 0.15) is 5.56 Å². The Labute approximate surface area is 162 Å². The van der Waals surface area contributed by atoms with E-state index in [1.54, 1.807) is 6.07 Å². The molecule has 4 nitrogen and oxygen atoms in total.